The van der Waals surface area contributed by atoms with Crippen molar-refractivity contribution in [2.75, 3.05) is 23.6 Å². The van der Waals surface area contributed by atoms with Gasteiger partial charge in [0.2, 0.25) is 0 Å². The van der Waals surface area contributed by atoms with Crippen LogP contribution in [0.25, 0.3) is 0 Å². The zero-order valence-electron chi connectivity index (χ0n) is 20.1. The molecule has 0 aliphatic carbocycles. The number of aliphatic imine (C=N–C) groups is 1. The molecule has 38 heavy (non-hydrogen) atoms. The zero-order chi connectivity index (χ0) is 27.5. The summed E-state index contributed by atoms with van der Waals surface area (Å²) in [6, 6.07) is 16.9. The number of nitrogens with zero attached hydrogens (tertiary/aromatic N) is 3. The van der Waals surface area contributed by atoms with Gasteiger partial charge in [-0.3, -0.25) is 14.7 Å². The van der Waals surface area contributed by atoms with Crippen molar-refractivity contribution < 1.29 is 25.6 Å². The molecule has 0 bridgehead atoms. The molecule has 3 aromatic carbocycles. The van der Waals surface area contributed by atoms with Gasteiger partial charge in [-0.2, -0.15) is 5.10 Å². The Hall–Kier alpha value is -3.35. The van der Waals surface area contributed by atoms with E-state index in [2.05, 4.69) is 14.8 Å². The number of sulfonamides is 1. The van der Waals surface area contributed by atoms with Crippen molar-refractivity contribution in [1.82, 2.24) is 4.72 Å². The van der Waals surface area contributed by atoms with Gasteiger partial charge in [0.25, 0.3) is 10.0 Å². The Labute approximate surface area is 224 Å². The van der Waals surface area contributed by atoms with E-state index in [0.29, 0.717) is 5.02 Å². The van der Waals surface area contributed by atoms with E-state index in [1.54, 1.807) is 30.3 Å². The van der Waals surface area contributed by atoms with Gasteiger partial charge in [0, 0.05) is 23.8 Å². The second-order valence-electron chi connectivity index (χ2n) is 8.54. The molecule has 1 N–H and O–H groups in total. The third-order valence-corrected chi connectivity index (χ3v) is 8.14. The van der Waals surface area contributed by atoms with Crippen LogP contribution in [0.15, 0.2) is 87.8 Å². The highest BCUT2D eigenvalue weighted by Gasteiger charge is 2.34. The second kappa shape index (κ2) is 11.2. The fourth-order valence-electron chi connectivity index (χ4n) is 3.78. The highest BCUT2D eigenvalue weighted by Crippen LogP contribution is 2.37. The second-order valence-corrected chi connectivity index (χ2v) is 12.9. The Bertz CT molecular complexity index is 1600. The van der Waals surface area contributed by atoms with E-state index in [0.717, 1.165) is 24.0 Å². The van der Waals surface area contributed by atoms with Crippen LogP contribution in [0.5, 0.6) is 0 Å². The van der Waals surface area contributed by atoms with Gasteiger partial charge in [0.1, 0.15) is 21.4 Å². The van der Waals surface area contributed by atoms with E-state index in [1.165, 1.54) is 35.3 Å². The van der Waals surface area contributed by atoms with Gasteiger partial charge < -0.3 is 0 Å². The van der Waals surface area contributed by atoms with E-state index in [1.807, 2.05) is 0 Å². The molecule has 1 atom stereocenters. The molecule has 0 amide bonds. The van der Waals surface area contributed by atoms with Crippen LogP contribution in [0, 0.1) is 11.6 Å². The highest BCUT2D eigenvalue weighted by atomic mass is 35.5. The van der Waals surface area contributed by atoms with Crippen molar-refractivity contribution in [2.24, 2.45) is 10.1 Å². The first-order valence-electron chi connectivity index (χ1n) is 11.3. The smallest absolute Gasteiger partial charge is 0.263 e. The molecule has 0 saturated heterocycles. The van der Waals surface area contributed by atoms with Crippen LogP contribution in [0.1, 0.15) is 18.0 Å². The number of hydrogen-bond acceptors (Lipinski definition) is 7. The van der Waals surface area contributed by atoms with Crippen molar-refractivity contribution >= 4 is 48.7 Å². The molecule has 200 valence electrons. The van der Waals surface area contributed by atoms with Crippen molar-refractivity contribution in [3.63, 3.8) is 0 Å². The summed E-state index contributed by atoms with van der Waals surface area (Å²) >= 11 is 5.88. The maximum absolute atomic E-state index is 14.8. The number of anilines is 1. The first-order chi connectivity index (χ1) is 17.9. The zero-order valence-corrected chi connectivity index (χ0v) is 22.4. The summed E-state index contributed by atoms with van der Waals surface area (Å²) in [7, 11) is -7.56. The van der Waals surface area contributed by atoms with Crippen molar-refractivity contribution in [3.8, 4) is 0 Å². The first-order valence-corrected chi connectivity index (χ1v) is 15.2. The lowest BCUT2D eigenvalue weighted by molar-refractivity contribution is 0.573. The minimum absolute atomic E-state index is 0.0219. The lowest BCUT2D eigenvalue weighted by atomic mass is 10.0. The Morgan fingerprint density at radius 1 is 1.05 bits per heavy atom. The SMILES string of the molecule is CS(=O)(=O)CCN=C(NS(=O)(=O)c1ccc(Cl)cc1)C1=NN(c2ccc(F)cc2F)[C@@H](c2ccccc2)C1. The van der Waals surface area contributed by atoms with E-state index >= 15 is 0 Å². The van der Waals surface area contributed by atoms with E-state index in [9.17, 15) is 25.6 Å². The summed E-state index contributed by atoms with van der Waals surface area (Å²) in [6.07, 6.45) is 1.14. The van der Waals surface area contributed by atoms with Crippen LogP contribution in [-0.2, 0) is 19.9 Å². The summed E-state index contributed by atoms with van der Waals surface area (Å²) in [5.74, 6) is -2.13. The molecule has 4 rings (SSSR count). The third kappa shape index (κ3) is 6.74. The van der Waals surface area contributed by atoms with Gasteiger partial charge in [-0.05, 0) is 42.0 Å². The molecule has 8 nitrogen and oxygen atoms in total. The standard InChI is InChI=1S/C25H23ClF2N4O4S2/c1-37(33,34)14-13-29-25(31-38(35,36)20-10-7-18(26)8-11-20)22-16-24(17-5-3-2-4-6-17)32(30-22)23-12-9-19(27)15-21(23)28/h2-12,15,24H,13-14,16H2,1H3,(H,29,31)/t24-/m1/s1. The predicted molar refractivity (Wildman–Crippen MR) is 144 cm³/mol. The number of rotatable bonds is 8. The largest absolute Gasteiger partial charge is 0.265 e. The Balaban J connectivity index is 1.77. The van der Waals surface area contributed by atoms with Crippen LogP contribution in [-0.4, -0.2) is 46.9 Å². The van der Waals surface area contributed by atoms with E-state index in [-0.39, 0.29) is 40.8 Å². The maximum atomic E-state index is 14.8. The van der Waals surface area contributed by atoms with Crippen LogP contribution >= 0.6 is 11.6 Å². The molecule has 0 radical (unpaired) electrons. The fraction of sp³-hybridized carbons (Fsp3) is 0.200. The number of hydrazone groups is 1. The van der Waals surface area contributed by atoms with E-state index in [4.69, 9.17) is 11.6 Å². The summed E-state index contributed by atoms with van der Waals surface area (Å²) in [6.45, 7) is -0.239. The van der Waals surface area contributed by atoms with Crippen molar-refractivity contribution in [3.05, 3.63) is 95.0 Å². The fourth-order valence-corrected chi connectivity index (χ4v) is 5.38. The minimum Gasteiger partial charge on any atom is -0.265 e. The first kappa shape index (κ1) is 27.7. The van der Waals surface area contributed by atoms with Gasteiger partial charge in [0.05, 0.1) is 28.9 Å². The Morgan fingerprint density at radius 2 is 1.74 bits per heavy atom. The number of halogens is 3. The minimum atomic E-state index is -4.17. The Kier molecular flexibility index (Phi) is 8.14. The molecule has 0 unspecified atom stereocenters. The third-order valence-electron chi connectivity index (χ3n) is 5.61. The molecule has 13 heteroatoms. The summed E-state index contributed by atoms with van der Waals surface area (Å²) < 4.78 is 80.5. The molecule has 0 saturated carbocycles. The number of sulfone groups is 1. The van der Waals surface area contributed by atoms with Crippen LogP contribution in [0.3, 0.4) is 0 Å². The van der Waals surface area contributed by atoms with Gasteiger partial charge >= 0.3 is 0 Å². The number of nitrogens with one attached hydrogen (secondary N) is 1. The van der Waals surface area contributed by atoms with Crippen LogP contribution in [0.2, 0.25) is 5.02 Å². The molecule has 1 aliphatic heterocycles. The Morgan fingerprint density at radius 3 is 2.37 bits per heavy atom. The molecule has 3 aromatic rings. The van der Waals surface area contributed by atoms with E-state index < -0.39 is 37.5 Å². The average Bonchev–Trinajstić information content (AvgIpc) is 3.28. The average molecular weight is 581 g/mol. The molecule has 0 fully saturated rings. The normalized spacial score (nSPS) is 16.4. The van der Waals surface area contributed by atoms with Crippen molar-refractivity contribution in [1.29, 1.82) is 0 Å². The predicted octanol–water partition coefficient (Wildman–Crippen LogP) is 4.35. The van der Waals surface area contributed by atoms with Gasteiger partial charge in [-0.1, -0.05) is 41.9 Å². The summed E-state index contributed by atoms with van der Waals surface area (Å²) in [5.41, 5.74) is 0.867. The maximum Gasteiger partial charge on any atom is 0.263 e. The molecule has 1 aliphatic rings. The molecule has 1 heterocycles. The van der Waals surface area contributed by atoms with Crippen LogP contribution in [0.4, 0.5) is 14.5 Å². The number of hydrogen-bond donors (Lipinski definition) is 1. The lowest BCUT2D eigenvalue weighted by Crippen LogP contribution is -2.36. The van der Waals surface area contributed by atoms with Gasteiger partial charge in [0.15, 0.2) is 11.7 Å². The number of amidine groups is 1. The van der Waals surface area contributed by atoms with Crippen LogP contribution < -0.4 is 9.73 Å². The summed E-state index contributed by atoms with van der Waals surface area (Å²) in [5, 5.41) is 6.15. The van der Waals surface area contributed by atoms with Gasteiger partial charge in [-0.15, -0.1) is 0 Å². The molecule has 0 aromatic heterocycles. The molecule has 0 spiro atoms. The lowest BCUT2D eigenvalue weighted by Gasteiger charge is -2.24. The molecular weight excluding hydrogens is 558 g/mol. The quantitative estimate of drug-likeness (QED) is 0.315. The highest BCUT2D eigenvalue weighted by molar-refractivity contribution is 7.90. The summed E-state index contributed by atoms with van der Waals surface area (Å²) in [4.78, 5) is 4.12. The van der Waals surface area contributed by atoms with Gasteiger partial charge in [-0.25, -0.2) is 25.6 Å². The monoisotopic (exact) mass is 580 g/mol. The topological polar surface area (TPSA) is 108 Å². The molecular formula is C25H23ClF2N4O4S2. The number of benzene rings is 3. The van der Waals surface area contributed by atoms with Crippen molar-refractivity contribution in [2.45, 2.75) is 17.4 Å².